The highest BCUT2D eigenvalue weighted by atomic mass is 16.1. The lowest BCUT2D eigenvalue weighted by Gasteiger charge is -2.06. The van der Waals surface area contributed by atoms with Gasteiger partial charge in [0.05, 0.1) is 0 Å². The van der Waals surface area contributed by atoms with Gasteiger partial charge in [0.2, 0.25) is 0 Å². The van der Waals surface area contributed by atoms with Crippen molar-refractivity contribution in [2.24, 2.45) is 0 Å². The van der Waals surface area contributed by atoms with E-state index in [4.69, 9.17) is 0 Å². The van der Waals surface area contributed by atoms with Gasteiger partial charge >= 0.3 is 0 Å². The quantitative estimate of drug-likeness (QED) is 0.611. The molecule has 0 aliphatic heterocycles. The fraction of sp³-hybridized carbons (Fsp3) is 0.364. The van der Waals surface area contributed by atoms with E-state index in [1.165, 1.54) is 5.56 Å². The van der Waals surface area contributed by atoms with Crippen LogP contribution in [0.5, 0.6) is 0 Å². The Morgan fingerprint density at radius 2 is 2.00 bits per heavy atom. The number of carbonyl (C=O) groups is 1. The second-order valence-corrected chi connectivity index (χ2v) is 3.13. The summed E-state index contributed by atoms with van der Waals surface area (Å²) in [5, 5.41) is 0. The lowest BCUT2D eigenvalue weighted by Crippen LogP contribution is -1.95. The first-order valence-corrected chi connectivity index (χ1v) is 4.24. The minimum Gasteiger partial charge on any atom is -0.298 e. The van der Waals surface area contributed by atoms with Gasteiger partial charge in [0.1, 0.15) is 0 Å². The molecule has 1 aromatic carbocycles. The molecule has 0 atom stereocenters. The molecule has 0 saturated carbocycles. The zero-order valence-corrected chi connectivity index (χ0v) is 7.85. The molecule has 0 unspecified atom stereocenters. The molecule has 0 heterocycles. The molecule has 1 rings (SSSR count). The molecule has 1 nitrogen and oxygen atoms in total. The number of aryl methyl sites for hydroxylation is 3. The zero-order chi connectivity index (χ0) is 9.14. The predicted molar refractivity (Wildman–Crippen MR) is 50.7 cm³/mol. The molecule has 0 saturated heterocycles. The van der Waals surface area contributed by atoms with Crippen molar-refractivity contribution >= 4 is 6.29 Å². The summed E-state index contributed by atoms with van der Waals surface area (Å²) < 4.78 is 0. The standard InChI is InChI=1S/C11H14O/c1-4-10-6-8(2)5-9(3)11(10)7-12/h5-7H,4H2,1-3H3. The SMILES string of the molecule is CCc1cc(C)cc(C)c1C=O. The molecule has 0 spiro atoms. The highest BCUT2D eigenvalue weighted by molar-refractivity contribution is 5.79. The molecule has 0 amide bonds. The van der Waals surface area contributed by atoms with Gasteiger partial charge in [-0.05, 0) is 31.4 Å². The van der Waals surface area contributed by atoms with Crippen LogP contribution in [0.25, 0.3) is 0 Å². The van der Waals surface area contributed by atoms with Crippen LogP contribution in [-0.4, -0.2) is 6.29 Å². The molecule has 1 aromatic rings. The highest BCUT2D eigenvalue weighted by Gasteiger charge is 2.03. The van der Waals surface area contributed by atoms with Crippen molar-refractivity contribution in [2.75, 3.05) is 0 Å². The number of hydrogen-bond donors (Lipinski definition) is 0. The Hall–Kier alpha value is -1.11. The first-order chi connectivity index (χ1) is 5.69. The van der Waals surface area contributed by atoms with Crippen LogP contribution in [0.1, 0.15) is 34.0 Å². The molecular weight excluding hydrogens is 148 g/mol. The molecule has 0 bridgehead atoms. The average Bonchev–Trinajstić information content (AvgIpc) is 2.03. The number of carbonyl (C=O) groups excluding carboxylic acids is 1. The van der Waals surface area contributed by atoms with Crippen molar-refractivity contribution in [3.8, 4) is 0 Å². The van der Waals surface area contributed by atoms with Crippen LogP contribution >= 0.6 is 0 Å². The third-order valence-electron chi connectivity index (χ3n) is 2.12. The normalized spacial score (nSPS) is 9.92. The molecule has 0 aliphatic carbocycles. The minimum absolute atomic E-state index is 0.864. The van der Waals surface area contributed by atoms with Crippen LogP contribution in [0.15, 0.2) is 12.1 Å². The largest absolute Gasteiger partial charge is 0.298 e. The fourth-order valence-corrected chi connectivity index (χ4v) is 1.53. The number of benzene rings is 1. The van der Waals surface area contributed by atoms with Gasteiger partial charge in [-0.3, -0.25) is 4.79 Å². The van der Waals surface area contributed by atoms with Crippen molar-refractivity contribution in [2.45, 2.75) is 27.2 Å². The summed E-state index contributed by atoms with van der Waals surface area (Å²) in [6.45, 7) is 6.11. The molecular formula is C11H14O. The van der Waals surface area contributed by atoms with Gasteiger partial charge in [0.25, 0.3) is 0 Å². The molecule has 0 radical (unpaired) electrons. The Morgan fingerprint density at radius 1 is 1.33 bits per heavy atom. The van der Waals surface area contributed by atoms with Crippen molar-refractivity contribution in [3.63, 3.8) is 0 Å². The number of aldehydes is 1. The summed E-state index contributed by atoms with van der Waals surface area (Å²) in [7, 11) is 0. The smallest absolute Gasteiger partial charge is 0.150 e. The number of hydrogen-bond acceptors (Lipinski definition) is 1. The van der Waals surface area contributed by atoms with Gasteiger partial charge in [0.15, 0.2) is 6.29 Å². The molecule has 12 heavy (non-hydrogen) atoms. The average molecular weight is 162 g/mol. The first kappa shape index (κ1) is 8.98. The van der Waals surface area contributed by atoms with Crippen LogP contribution in [0.2, 0.25) is 0 Å². The van der Waals surface area contributed by atoms with Crippen molar-refractivity contribution in [1.29, 1.82) is 0 Å². The summed E-state index contributed by atoms with van der Waals surface area (Å²) in [6, 6.07) is 4.12. The van der Waals surface area contributed by atoms with Crippen LogP contribution in [0, 0.1) is 13.8 Å². The monoisotopic (exact) mass is 162 g/mol. The van der Waals surface area contributed by atoms with E-state index in [-0.39, 0.29) is 0 Å². The van der Waals surface area contributed by atoms with Gasteiger partial charge < -0.3 is 0 Å². The van der Waals surface area contributed by atoms with E-state index in [1.807, 2.05) is 13.0 Å². The maximum absolute atomic E-state index is 10.7. The highest BCUT2D eigenvalue weighted by Crippen LogP contribution is 2.15. The molecule has 0 aliphatic rings. The van der Waals surface area contributed by atoms with E-state index >= 15 is 0 Å². The van der Waals surface area contributed by atoms with Crippen molar-refractivity contribution < 1.29 is 4.79 Å². The van der Waals surface area contributed by atoms with Crippen LogP contribution < -0.4 is 0 Å². The lowest BCUT2D eigenvalue weighted by molar-refractivity contribution is 0.112. The van der Waals surface area contributed by atoms with E-state index in [0.29, 0.717) is 0 Å². The van der Waals surface area contributed by atoms with Crippen LogP contribution in [0.3, 0.4) is 0 Å². The summed E-state index contributed by atoms with van der Waals surface area (Å²) in [6.07, 6.45) is 1.88. The van der Waals surface area contributed by atoms with Gasteiger partial charge in [0, 0.05) is 5.56 Å². The van der Waals surface area contributed by atoms with Gasteiger partial charge in [-0.15, -0.1) is 0 Å². The zero-order valence-electron chi connectivity index (χ0n) is 7.85. The van der Waals surface area contributed by atoms with Crippen LogP contribution in [-0.2, 0) is 6.42 Å². The third kappa shape index (κ3) is 1.55. The Morgan fingerprint density at radius 3 is 2.50 bits per heavy atom. The van der Waals surface area contributed by atoms with Gasteiger partial charge in [-0.1, -0.05) is 24.6 Å². The summed E-state index contributed by atoms with van der Waals surface area (Å²) in [5.74, 6) is 0. The van der Waals surface area contributed by atoms with Gasteiger partial charge in [-0.25, -0.2) is 0 Å². The predicted octanol–water partition coefficient (Wildman–Crippen LogP) is 2.68. The molecule has 1 heteroatoms. The Labute approximate surface area is 73.4 Å². The summed E-state index contributed by atoms with van der Waals surface area (Å²) in [4.78, 5) is 10.7. The van der Waals surface area contributed by atoms with Crippen molar-refractivity contribution in [1.82, 2.24) is 0 Å². The molecule has 0 aromatic heterocycles. The van der Waals surface area contributed by atoms with E-state index in [9.17, 15) is 4.79 Å². The van der Waals surface area contributed by atoms with Crippen LogP contribution in [0.4, 0.5) is 0 Å². The number of rotatable bonds is 2. The Bertz CT molecular complexity index is 300. The van der Waals surface area contributed by atoms with E-state index < -0.39 is 0 Å². The molecule has 0 fully saturated rings. The Kier molecular flexibility index (Phi) is 2.64. The summed E-state index contributed by atoms with van der Waals surface area (Å²) in [5.41, 5.74) is 4.34. The Balaban J connectivity index is 3.33. The molecule has 0 N–H and O–H groups in total. The van der Waals surface area contributed by atoms with E-state index in [0.717, 1.165) is 29.4 Å². The summed E-state index contributed by atoms with van der Waals surface area (Å²) >= 11 is 0. The van der Waals surface area contributed by atoms with Crippen molar-refractivity contribution in [3.05, 3.63) is 34.4 Å². The minimum atomic E-state index is 0.864. The van der Waals surface area contributed by atoms with E-state index in [1.54, 1.807) is 0 Å². The second kappa shape index (κ2) is 3.53. The maximum atomic E-state index is 10.7. The topological polar surface area (TPSA) is 17.1 Å². The maximum Gasteiger partial charge on any atom is 0.150 e. The lowest BCUT2D eigenvalue weighted by atomic mass is 9.98. The molecule has 64 valence electrons. The van der Waals surface area contributed by atoms with Gasteiger partial charge in [-0.2, -0.15) is 0 Å². The first-order valence-electron chi connectivity index (χ1n) is 4.24. The fourth-order valence-electron chi connectivity index (χ4n) is 1.53. The van der Waals surface area contributed by atoms with E-state index in [2.05, 4.69) is 19.9 Å². The second-order valence-electron chi connectivity index (χ2n) is 3.13. The third-order valence-corrected chi connectivity index (χ3v) is 2.12.